The lowest BCUT2D eigenvalue weighted by molar-refractivity contribution is 0.0895. The summed E-state index contributed by atoms with van der Waals surface area (Å²) in [6.45, 7) is 4.72. The predicted molar refractivity (Wildman–Crippen MR) is 96.7 cm³/mol. The van der Waals surface area contributed by atoms with Gasteiger partial charge in [0.15, 0.2) is 0 Å². The number of likely N-dealkylation sites (tertiary alicyclic amines) is 1. The molecule has 1 atom stereocenters. The number of rotatable bonds is 5. The average Bonchev–Trinajstić information content (AvgIpc) is 2.94. The van der Waals surface area contributed by atoms with E-state index in [4.69, 9.17) is 4.74 Å². The molecule has 6 heteroatoms. The average molecular weight is 342 g/mol. The Morgan fingerprint density at radius 2 is 2.24 bits per heavy atom. The largest absolute Gasteiger partial charge is 0.497 e. The summed E-state index contributed by atoms with van der Waals surface area (Å²) in [5.74, 6) is 0.793. The topological polar surface area (TPSA) is 59.4 Å². The van der Waals surface area contributed by atoms with Crippen LogP contribution in [0.4, 0.5) is 0 Å². The van der Waals surface area contributed by atoms with Gasteiger partial charge in [-0.05, 0) is 50.1 Å². The van der Waals surface area contributed by atoms with Crippen molar-refractivity contribution < 1.29 is 9.53 Å². The third-order valence-electron chi connectivity index (χ3n) is 4.73. The maximum atomic E-state index is 12.4. The zero-order valence-corrected chi connectivity index (χ0v) is 15.2. The Morgan fingerprint density at radius 1 is 1.40 bits per heavy atom. The van der Waals surface area contributed by atoms with Crippen LogP contribution in [0.15, 0.2) is 30.3 Å². The third kappa shape index (κ3) is 4.39. The highest BCUT2D eigenvalue weighted by Crippen LogP contribution is 2.18. The van der Waals surface area contributed by atoms with Gasteiger partial charge in [-0.1, -0.05) is 12.1 Å². The van der Waals surface area contributed by atoms with Crippen LogP contribution in [0.5, 0.6) is 5.75 Å². The van der Waals surface area contributed by atoms with Gasteiger partial charge in [-0.25, -0.2) is 0 Å². The van der Waals surface area contributed by atoms with Crippen molar-refractivity contribution in [3.63, 3.8) is 0 Å². The second kappa shape index (κ2) is 7.70. The Labute approximate surface area is 148 Å². The summed E-state index contributed by atoms with van der Waals surface area (Å²) in [5, 5.41) is 7.39. The van der Waals surface area contributed by atoms with Gasteiger partial charge in [-0.15, -0.1) is 0 Å². The lowest BCUT2D eigenvalue weighted by atomic mass is 10.0. The monoisotopic (exact) mass is 342 g/mol. The van der Waals surface area contributed by atoms with Crippen molar-refractivity contribution in [2.24, 2.45) is 7.05 Å². The molecule has 1 unspecified atom stereocenters. The number of methoxy groups -OCH3 is 1. The molecule has 0 radical (unpaired) electrons. The van der Waals surface area contributed by atoms with Crippen LogP contribution in [-0.4, -0.2) is 46.8 Å². The molecule has 1 aliphatic heterocycles. The van der Waals surface area contributed by atoms with E-state index in [9.17, 15) is 4.79 Å². The van der Waals surface area contributed by atoms with Crippen LogP contribution in [0.2, 0.25) is 0 Å². The minimum atomic E-state index is -0.0862. The van der Waals surface area contributed by atoms with E-state index in [1.165, 1.54) is 5.56 Å². The number of nitrogens with one attached hydrogen (secondary N) is 1. The third-order valence-corrected chi connectivity index (χ3v) is 4.73. The van der Waals surface area contributed by atoms with E-state index in [0.29, 0.717) is 5.69 Å². The molecule has 0 bridgehead atoms. The molecule has 0 saturated carbocycles. The van der Waals surface area contributed by atoms with Gasteiger partial charge in [0.2, 0.25) is 0 Å². The van der Waals surface area contributed by atoms with Crippen LogP contribution in [0.3, 0.4) is 0 Å². The highest BCUT2D eigenvalue weighted by atomic mass is 16.5. The highest BCUT2D eigenvalue weighted by Gasteiger charge is 2.23. The maximum absolute atomic E-state index is 12.4. The Bertz CT molecular complexity index is 721. The lowest BCUT2D eigenvalue weighted by Crippen LogP contribution is -2.47. The van der Waals surface area contributed by atoms with Crippen LogP contribution in [0.1, 0.15) is 34.6 Å². The number of carbonyl (C=O) groups excluding carboxylic acids is 1. The fraction of sp³-hybridized carbons (Fsp3) is 0.474. The molecule has 1 N–H and O–H groups in total. The van der Waals surface area contributed by atoms with Crippen LogP contribution in [0.25, 0.3) is 0 Å². The number of hydrogen-bond acceptors (Lipinski definition) is 4. The first kappa shape index (κ1) is 17.5. The molecule has 1 aliphatic rings. The standard InChI is InChI=1S/C19H26N4O2/c1-14-10-18(21-22(14)2)19(24)20-16-7-5-9-23(13-16)12-15-6-4-8-17(11-15)25-3/h4,6,8,10-11,16H,5,7,9,12-13H2,1-3H3,(H,20,24). The molecule has 1 saturated heterocycles. The summed E-state index contributed by atoms with van der Waals surface area (Å²) in [5.41, 5.74) is 2.70. The van der Waals surface area contributed by atoms with Crippen molar-refractivity contribution in [1.29, 1.82) is 0 Å². The molecule has 1 amide bonds. The van der Waals surface area contributed by atoms with Gasteiger partial charge in [0.1, 0.15) is 11.4 Å². The van der Waals surface area contributed by atoms with Gasteiger partial charge in [0.05, 0.1) is 7.11 Å². The normalized spacial score (nSPS) is 18.1. The lowest BCUT2D eigenvalue weighted by Gasteiger charge is -2.33. The first-order chi connectivity index (χ1) is 12.0. The number of ether oxygens (including phenoxy) is 1. The number of benzene rings is 1. The van der Waals surface area contributed by atoms with E-state index in [2.05, 4.69) is 27.4 Å². The first-order valence-electron chi connectivity index (χ1n) is 8.72. The van der Waals surface area contributed by atoms with Crippen molar-refractivity contribution in [2.75, 3.05) is 20.2 Å². The molecule has 0 spiro atoms. The van der Waals surface area contributed by atoms with Crippen LogP contribution in [-0.2, 0) is 13.6 Å². The minimum absolute atomic E-state index is 0.0862. The quantitative estimate of drug-likeness (QED) is 0.904. The first-order valence-corrected chi connectivity index (χ1v) is 8.72. The summed E-state index contributed by atoms with van der Waals surface area (Å²) in [4.78, 5) is 14.8. The minimum Gasteiger partial charge on any atom is -0.497 e. The number of piperidine rings is 1. The fourth-order valence-corrected chi connectivity index (χ4v) is 3.28. The predicted octanol–water partition coefficient (Wildman–Crippen LogP) is 2.13. The molecule has 25 heavy (non-hydrogen) atoms. The van der Waals surface area contributed by atoms with Gasteiger partial charge in [0.25, 0.3) is 5.91 Å². The zero-order chi connectivity index (χ0) is 17.8. The smallest absolute Gasteiger partial charge is 0.272 e. The number of hydrogen-bond donors (Lipinski definition) is 1. The molecule has 134 valence electrons. The second-order valence-electron chi connectivity index (χ2n) is 6.69. The summed E-state index contributed by atoms with van der Waals surface area (Å²) >= 11 is 0. The van der Waals surface area contributed by atoms with Crippen molar-refractivity contribution in [2.45, 2.75) is 32.4 Å². The highest BCUT2D eigenvalue weighted by molar-refractivity contribution is 5.92. The molecular formula is C19H26N4O2. The van der Waals surface area contributed by atoms with E-state index in [-0.39, 0.29) is 11.9 Å². The molecule has 1 fully saturated rings. The zero-order valence-electron chi connectivity index (χ0n) is 15.2. The van der Waals surface area contributed by atoms with Gasteiger partial charge in [-0.3, -0.25) is 14.4 Å². The molecule has 2 aromatic rings. The van der Waals surface area contributed by atoms with E-state index in [1.807, 2.05) is 32.2 Å². The number of aryl methyl sites for hydroxylation is 2. The number of amides is 1. The van der Waals surface area contributed by atoms with Crippen molar-refractivity contribution in [3.8, 4) is 5.75 Å². The molecular weight excluding hydrogens is 316 g/mol. The van der Waals surface area contributed by atoms with Crippen LogP contribution >= 0.6 is 0 Å². The second-order valence-corrected chi connectivity index (χ2v) is 6.69. The summed E-state index contributed by atoms with van der Waals surface area (Å²) in [6, 6.07) is 10.1. The van der Waals surface area contributed by atoms with Crippen molar-refractivity contribution in [3.05, 3.63) is 47.3 Å². The van der Waals surface area contributed by atoms with Crippen LogP contribution in [0, 0.1) is 6.92 Å². The van der Waals surface area contributed by atoms with Gasteiger partial charge in [0, 0.05) is 31.9 Å². The fourth-order valence-electron chi connectivity index (χ4n) is 3.28. The van der Waals surface area contributed by atoms with Crippen molar-refractivity contribution >= 4 is 5.91 Å². The summed E-state index contributed by atoms with van der Waals surface area (Å²) in [7, 11) is 3.54. The van der Waals surface area contributed by atoms with Crippen LogP contribution < -0.4 is 10.1 Å². The van der Waals surface area contributed by atoms with Gasteiger partial charge >= 0.3 is 0 Å². The number of carbonyl (C=O) groups is 1. The van der Waals surface area contributed by atoms with E-state index in [1.54, 1.807) is 11.8 Å². The molecule has 0 aliphatic carbocycles. The molecule has 3 rings (SSSR count). The molecule has 1 aromatic heterocycles. The Kier molecular flexibility index (Phi) is 5.38. The van der Waals surface area contributed by atoms with Gasteiger partial charge in [-0.2, -0.15) is 5.10 Å². The van der Waals surface area contributed by atoms with E-state index in [0.717, 1.165) is 43.9 Å². The summed E-state index contributed by atoms with van der Waals surface area (Å²) < 4.78 is 7.02. The summed E-state index contributed by atoms with van der Waals surface area (Å²) in [6.07, 6.45) is 2.09. The van der Waals surface area contributed by atoms with E-state index >= 15 is 0 Å². The Morgan fingerprint density at radius 3 is 2.96 bits per heavy atom. The SMILES string of the molecule is COc1cccc(CN2CCCC(NC(=O)c3cc(C)n(C)n3)C2)c1. The molecule has 6 nitrogen and oxygen atoms in total. The molecule has 1 aromatic carbocycles. The van der Waals surface area contributed by atoms with E-state index < -0.39 is 0 Å². The molecule has 2 heterocycles. The Balaban J connectivity index is 1.58. The number of aromatic nitrogens is 2. The van der Waals surface area contributed by atoms with Crippen molar-refractivity contribution in [1.82, 2.24) is 20.0 Å². The Hall–Kier alpha value is -2.34. The maximum Gasteiger partial charge on any atom is 0.272 e. The number of nitrogens with zero attached hydrogens (tertiary/aromatic N) is 3. The van der Waals surface area contributed by atoms with Gasteiger partial charge < -0.3 is 10.1 Å².